The first-order chi connectivity index (χ1) is 12.5. The van der Waals surface area contributed by atoms with Crippen molar-refractivity contribution in [2.45, 2.75) is 49.0 Å². The fraction of sp³-hybridized carbons (Fsp3) is 0.556. The number of nitrogens with one attached hydrogen (secondary N) is 3. The summed E-state index contributed by atoms with van der Waals surface area (Å²) in [5.41, 5.74) is 3.28. The topological polar surface area (TPSA) is 102 Å². The Morgan fingerprint density at radius 2 is 1.73 bits per heavy atom. The molecule has 0 radical (unpaired) electrons. The first kappa shape index (κ1) is 18.8. The standard InChI is InChI=1S/C18H26N4O3S/c19-18(20-17(23)14-7-3-1-4-8-14)21-22-12-11-16(13-22)26(24,25)15-9-5-2-6-10-15/h1,3-4,7-8,15-16H,2,5-6,9-13H2,(H3,19,20,21,23). The average molecular weight is 378 g/mol. The minimum Gasteiger partial charge on any atom is -0.292 e. The van der Waals surface area contributed by atoms with Crippen LogP contribution in [-0.4, -0.2) is 48.9 Å². The zero-order chi connectivity index (χ0) is 18.6. The summed E-state index contributed by atoms with van der Waals surface area (Å²) in [6.07, 6.45) is 5.22. The van der Waals surface area contributed by atoms with Crippen LogP contribution in [0, 0.1) is 5.41 Å². The lowest BCUT2D eigenvalue weighted by Gasteiger charge is -2.25. The SMILES string of the molecule is N=C(NC(=O)c1ccccc1)NN1CCC(S(=O)(=O)C2CCCCC2)C1. The third-order valence-electron chi connectivity index (χ3n) is 5.17. The lowest BCUT2D eigenvalue weighted by atomic mass is 10.0. The van der Waals surface area contributed by atoms with E-state index in [9.17, 15) is 13.2 Å². The van der Waals surface area contributed by atoms with Gasteiger partial charge in [-0.1, -0.05) is 37.5 Å². The van der Waals surface area contributed by atoms with Crippen molar-refractivity contribution in [1.82, 2.24) is 15.8 Å². The van der Waals surface area contributed by atoms with Crippen molar-refractivity contribution >= 4 is 21.7 Å². The molecule has 1 aromatic carbocycles. The molecule has 142 valence electrons. The highest BCUT2D eigenvalue weighted by Crippen LogP contribution is 2.29. The van der Waals surface area contributed by atoms with Crippen LogP contribution in [0.2, 0.25) is 0 Å². The van der Waals surface area contributed by atoms with E-state index in [1.165, 1.54) is 0 Å². The molecule has 3 N–H and O–H groups in total. The Bertz CT molecular complexity index is 745. The van der Waals surface area contributed by atoms with Gasteiger partial charge < -0.3 is 0 Å². The molecule has 1 aliphatic heterocycles. The predicted molar refractivity (Wildman–Crippen MR) is 101 cm³/mol. The number of hydrazine groups is 1. The Hall–Kier alpha value is -1.93. The van der Waals surface area contributed by atoms with Crippen LogP contribution in [0.1, 0.15) is 48.9 Å². The van der Waals surface area contributed by atoms with Gasteiger partial charge in [0.1, 0.15) is 0 Å². The van der Waals surface area contributed by atoms with Crippen molar-refractivity contribution in [2.24, 2.45) is 0 Å². The normalized spacial score (nSPS) is 22.1. The third kappa shape index (κ3) is 4.42. The number of carbonyl (C=O) groups is 1. The molecule has 1 aliphatic carbocycles. The molecule has 2 aliphatic rings. The molecular formula is C18H26N4O3S. The molecule has 1 aromatic rings. The smallest absolute Gasteiger partial charge is 0.257 e. The maximum atomic E-state index is 12.8. The molecule has 3 rings (SSSR count). The number of hydrogen-bond acceptors (Lipinski definition) is 5. The van der Waals surface area contributed by atoms with E-state index in [-0.39, 0.29) is 17.1 Å². The van der Waals surface area contributed by atoms with E-state index in [0.29, 0.717) is 25.1 Å². The van der Waals surface area contributed by atoms with Gasteiger partial charge >= 0.3 is 0 Å². The Morgan fingerprint density at radius 1 is 1.04 bits per heavy atom. The van der Waals surface area contributed by atoms with Crippen molar-refractivity contribution < 1.29 is 13.2 Å². The van der Waals surface area contributed by atoms with Crippen molar-refractivity contribution in [2.75, 3.05) is 13.1 Å². The lowest BCUT2D eigenvalue weighted by Crippen LogP contribution is -2.49. The van der Waals surface area contributed by atoms with E-state index in [1.54, 1.807) is 29.3 Å². The molecule has 1 saturated heterocycles. The lowest BCUT2D eigenvalue weighted by molar-refractivity contribution is 0.0973. The van der Waals surface area contributed by atoms with E-state index in [2.05, 4.69) is 10.7 Å². The summed E-state index contributed by atoms with van der Waals surface area (Å²) in [5, 5.41) is 11.5. The molecule has 26 heavy (non-hydrogen) atoms. The number of amides is 1. The number of carbonyl (C=O) groups excluding carboxylic acids is 1. The van der Waals surface area contributed by atoms with E-state index in [4.69, 9.17) is 5.41 Å². The first-order valence-corrected chi connectivity index (χ1v) is 10.8. The Kier molecular flexibility index (Phi) is 5.93. The summed E-state index contributed by atoms with van der Waals surface area (Å²) < 4.78 is 25.6. The molecule has 7 nitrogen and oxygen atoms in total. The molecule has 0 spiro atoms. The first-order valence-electron chi connectivity index (χ1n) is 9.16. The molecule has 1 atom stereocenters. The monoisotopic (exact) mass is 378 g/mol. The van der Waals surface area contributed by atoms with Crippen molar-refractivity contribution in [3.05, 3.63) is 35.9 Å². The number of benzene rings is 1. The Balaban J connectivity index is 1.51. The molecule has 1 heterocycles. The highest BCUT2D eigenvalue weighted by Gasteiger charge is 2.39. The maximum Gasteiger partial charge on any atom is 0.257 e. The summed E-state index contributed by atoms with van der Waals surface area (Å²) in [4.78, 5) is 12.1. The quantitative estimate of drug-likeness (QED) is 0.546. The second-order valence-corrected chi connectivity index (χ2v) is 9.52. The summed E-state index contributed by atoms with van der Waals surface area (Å²) in [6, 6.07) is 8.67. The van der Waals surface area contributed by atoms with E-state index < -0.39 is 15.1 Å². The highest BCUT2D eigenvalue weighted by atomic mass is 32.2. The second-order valence-electron chi connectivity index (χ2n) is 7.01. The van der Waals surface area contributed by atoms with Gasteiger partial charge in [-0.2, -0.15) is 0 Å². The van der Waals surface area contributed by atoms with E-state index in [1.807, 2.05) is 6.07 Å². The predicted octanol–water partition coefficient (Wildman–Crippen LogP) is 1.68. The van der Waals surface area contributed by atoms with Crippen LogP contribution in [0.4, 0.5) is 0 Å². The largest absolute Gasteiger partial charge is 0.292 e. The van der Waals surface area contributed by atoms with Gasteiger partial charge in [0, 0.05) is 18.7 Å². The van der Waals surface area contributed by atoms with Crippen LogP contribution >= 0.6 is 0 Å². The summed E-state index contributed by atoms with van der Waals surface area (Å²) in [7, 11) is -3.14. The molecule has 2 fully saturated rings. The Labute approximate surface area is 154 Å². The van der Waals surface area contributed by atoms with Gasteiger partial charge in [0.25, 0.3) is 5.91 Å². The number of rotatable bonds is 4. The minimum absolute atomic E-state index is 0.144. The van der Waals surface area contributed by atoms with Gasteiger partial charge in [0.05, 0.1) is 10.5 Å². The van der Waals surface area contributed by atoms with Crippen molar-refractivity contribution in [3.63, 3.8) is 0 Å². The molecular weight excluding hydrogens is 352 g/mol. The number of hydrogen-bond donors (Lipinski definition) is 3. The van der Waals surface area contributed by atoms with Crippen molar-refractivity contribution in [1.29, 1.82) is 5.41 Å². The molecule has 1 unspecified atom stereocenters. The van der Waals surface area contributed by atoms with Crippen LogP contribution < -0.4 is 10.7 Å². The Morgan fingerprint density at radius 3 is 2.42 bits per heavy atom. The summed E-state index contributed by atoms with van der Waals surface area (Å²) >= 11 is 0. The maximum absolute atomic E-state index is 12.8. The van der Waals surface area contributed by atoms with Gasteiger partial charge in [0.15, 0.2) is 9.84 Å². The van der Waals surface area contributed by atoms with E-state index >= 15 is 0 Å². The second kappa shape index (κ2) is 8.18. The van der Waals surface area contributed by atoms with Crippen LogP contribution in [-0.2, 0) is 9.84 Å². The van der Waals surface area contributed by atoms with Gasteiger partial charge in [-0.05, 0) is 31.4 Å². The van der Waals surface area contributed by atoms with Gasteiger partial charge in [0.2, 0.25) is 5.96 Å². The van der Waals surface area contributed by atoms with Crippen LogP contribution in [0.5, 0.6) is 0 Å². The zero-order valence-electron chi connectivity index (χ0n) is 14.8. The summed E-state index contributed by atoms with van der Waals surface area (Å²) in [6.45, 7) is 0.891. The third-order valence-corrected chi connectivity index (χ3v) is 7.89. The van der Waals surface area contributed by atoms with Crippen LogP contribution in [0.15, 0.2) is 30.3 Å². The fourth-order valence-corrected chi connectivity index (χ4v) is 6.08. The average Bonchev–Trinajstić information content (AvgIpc) is 3.12. The van der Waals surface area contributed by atoms with Crippen LogP contribution in [0.25, 0.3) is 0 Å². The number of sulfone groups is 1. The number of guanidine groups is 1. The fourth-order valence-electron chi connectivity index (χ4n) is 3.73. The molecule has 1 saturated carbocycles. The highest BCUT2D eigenvalue weighted by molar-refractivity contribution is 7.92. The zero-order valence-corrected chi connectivity index (χ0v) is 15.6. The van der Waals surface area contributed by atoms with Gasteiger partial charge in [-0.3, -0.25) is 20.9 Å². The van der Waals surface area contributed by atoms with Gasteiger partial charge in [-0.25, -0.2) is 13.4 Å². The summed E-state index contributed by atoms with van der Waals surface area (Å²) in [5.74, 6) is -0.511. The van der Waals surface area contributed by atoms with E-state index in [0.717, 1.165) is 32.1 Å². The van der Waals surface area contributed by atoms with Crippen molar-refractivity contribution in [3.8, 4) is 0 Å². The molecule has 0 aromatic heterocycles. The minimum atomic E-state index is -3.14. The van der Waals surface area contributed by atoms with Gasteiger partial charge in [-0.15, -0.1) is 0 Å². The number of nitrogens with zero attached hydrogens (tertiary/aromatic N) is 1. The molecule has 0 bridgehead atoms. The van der Waals surface area contributed by atoms with Crippen LogP contribution in [0.3, 0.4) is 0 Å². The molecule has 1 amide bonds. The molecule has 8 heteroatoms.